The van der Waals surface area contributed by atoms with Gasteiger partial charge < -0.3 is 9.47 Å². The summed E-state index contributed by atoms with van der Waals surface area (Å²) in [4.78, 5) is 12.7. The van der Waals surface area contributed by atoms with Gasteiger partial charge in [-0.2, -0.15) is 4.31 Å². The fourth-order valence-corrected chi connectivity index (χ4v) is 4.41. The number of nitrogens with zero attached hydrogens (tertiary/aromatic N) is 2. The van der Waals surface area contributed by atoms with Gasteiger partial charge in [0.2, 0.25) is 10.0 Å². The molecule has 1 aromatic rings. The van der Waals surface area contributed by atoms with Crippen LogP contribution in [0, 0.1) is 0 Å². The summed E-state index contributed by atoms with van der Waals surface area (Å²) in [6, 6.07) is 3.34. The molecule has 0 atom stereocenters. The van der Waals surface area contributed by atoms with E-state index in [1.807, 2.05) is 0 Å². The number of carbonyl (C=O) groups is 1. The van der Waals surface area contributed by atoms with E-state index in [0.717, 1.165) is 16.4 Å². The van der Waals surface area contributed by atoms with E-state index >= 15 is 0 Å². The van der Waals surface area contributed by atoms with E-state index < -0.39 is 33.0 Å². The quantitative estimate of drug-likeness (QED) is 0.588. The van der Waals surface area contributed by atoms with Gasteiger partial charge in [-0.25, -0.2) is 8.42 Å². The second-order valence-corrected chi connectivity index (χ2v) is 8.45. The molecule has 1 fully saturated rings. The summed E-state index contributed by atoms with van der Waals surface area (Å²) in [5.74, 6) is -1.21. The first-order valence-electron chi connectivity index (χ1n) is 7.96. The molecule has 12 heteroatoms. The molecule has 1 aliphatic rings. The lowest BCUT2D eigenvalue weighted by Crippen LogP contribution is -2.50. The first kappa shape index (κ1) is 21.9. The summed E-state index contributed by atoms with van der Waals surface area (Å²) in [5, 5.41) is 0. The average Bonchev–Trinajstić information content (AvgIpc) is 2.53. The third-order valence-corrected chi connectivity index (χ3v) is 6.17. The third kappa shape index (κ3) is 6.06. The highest BCUT2D eigenvalue weighted by atomic mass is 79.9. The Kier molecular flexibility index (Phi) is 7.11. The van der Waals surface area contributed by atoms with Gasteiger partial charge in [0.1, 0.15) is 4.90 Å². The predicted octanol–water partition coefficient (Wildman–Crippen LogP) is 2.22. The Morgan fingerprint density at radius 1 is 1.22 bits per heavy atom. The molecular weight excluding hydrogens is 457 g/mol. The van der Waals surface area contributed by atoms with Crippen LogP contribution in [0.15, 0.2) is 27.6 Å². The molecule has 1 heterocycles. The monoisotopic (exact) mass is 474 g/mol. The zero-order valence-electron chi connectivity index (χ0n) is 14.3. The summed E-state index contributed by atoms with van der Waals surface area (Å²) in [6.07, 6.45) is -5.02. The second-order valence-electron chi connectivity index (χ2n) is 5.62. The Morgan fingerprint density at radius 2 is 1.85 bits per heavy atom. The maximum atomic E-state index is 12.8. The molecule has 1 aliphatic heterocycles. The van der Waals surface area contributed by atoms with Crippen LogP contribution in [0.25, 0.3) is 0 Å². The maximum Gasteiger partial charge on any atom is 0.573 e. The molecule has 0 saturated carbocycles. The van der Waals surface area contributed by atoms with E-state index in [4.69, 9.17) is 4.74 Å². The summed E-state index contributed by atoms with van der Waals surface area (Å²) < 4.78 is 73.5. The van der Waals surface area contributed by atoms with Crippen molar-refractivity contribution in [2.75, 3.05) is 39.3 Å². The van der Waals surface area contributed by atoms with Crippen LogP contribution in [0.3, 0.4) is 0 Å². The van der Waals surface area contributed by atoms with E-state index in [2.05, 4.69) is 20.7 Å². The Bertz CT molecular complexity index is 780. The zero-order chi connectivity index (χ0) is 20.2. The minimum atomic E-state index is -5.02. The van der Waals surface area contributed by atoms with Crippen molar-refractivity contribution in [3.8, 4) is 5.75 Å². The van der Waals surface area contributed by atoms with Crippen LogP contribution < -0.4 is 4.74 Å². The lowest BCUT2D eigenvalue weighted by molar-refractivity contribution is -0.275. The SMILES string of the molecule is CCOC(=O)CN1CCN(S(=O)(=O)c2ccc(Br)cc2OC(F)(F)F)CC1. The van der Waals surface area contributed by atoms with Crippen molar-refractivity contribution in [2.45, 2.75) is 18.2 Å². The van der Waals surface area contributed by atoms with Crippen LogP contribution >= 0.6 is 15.9 Å². The predicted molar refractivity (Wildman–Crippen MR) is 92.7 cm³/mol. The summed E-state index contributed by atoms with van der Waals surface area (Å²) in [7, 11) is -4.20. The Morgan fingerprint density at radius 3 is 2.41 bits per heavy atom. The molecule has 0 spiro atoms. The number of sulfonamides is 1. The average molecular weight is 475 g/mol. The highest BCUT2D eigenvalue weighted by Crippen LogP contribution is 2.34. The molecule has 1 aromatic carbocycles. The summed E-state index contributed by atoms with van der Waals surface area (Å²) in [5.41, 5.74) is 0. The van der Waals surface area contributed by atoms with Crippen molar-refractivity contribution in [3.63, 3.8) is 0 Å². The van der Waals surface area contributed by atoms with Gasteiger partial charge in [-0.3, -0.25) is 9.69 Å². The molecule has 0 bridgehead atoms. The van der Waals surface area contributed by atoms with Crippen LogP contribution in [-0.4, -0.2) is 69.3 Å². The van der Waals surface area contributed by atoms with Gasteiger partial charge in [-0.15, -0.1) is 13.2 Å². The topological polar surface area (TPSA) is 76.2 Å². The molecule has 0 amide bonds. The highest BCUT2D eigenvalue weighted by molar-refractivity contribution is 9.10. The number of rotatable bonds is 6. The number of esters is 1. The second kappa shape index (κ2) is 8.76. The molecule has 0 N–H and O–H groups in total. The Labute approximate surface area is 163 Å². The van der Waals surface area contributed by atoms with E-state index in [1.54, 1.807) is 11.8 Å². The standard InChI is InChI=1S/C15H18BrF3N2O5S/c1-2-25-14(22)10-20-5-7-21(8-6-20)27(23,24)13-4-3-11(16)9-12(13)26-15(17,18)19/h3-4,9H,2,5-8,10H2,1H3. The first-order valence-corrected chi connectivity index (χ1v) is 10.2. The smallest absolute Gasteiger partial charge is 0.465 e. The van der Waals surface area contributed by atoms with Gasteiger partial charge in [-0.05, 0) is 25.1 Å². The molecule has 0 aliphatic carbocycles. The zero-order valence-corrected chi connectivity index (χ0v) is 16.7. The minimum absolute atomic E-state index is 0.0302. The normalized spacial score (nSPS) is 16.9. The first-order chi connectivity index (χ1) is 12.5. The minimum Gasteiger partial charge on any atom is -0.465 e. The number of hydrogen-bond acceptors (Lipinski definition) is 6. The fraction of sp³-hybridized carbons (Fsp3) is 0.533. The van der Waals surface area contributed by atoms with Crippen molar-refractivity contribution < 1.29 is 35.9 Å². The van der Waals surface area contributed by atoms with E-state index in [9.17, 15) is 26.4 Å². The third-order valence-electron chi connectivity index (χ3n) is 3.74. The largest absolute Gasteiger partial charge is 0.573 e. The highest BCUT2D eigenvalue weighted by Gasteiger charge is 2.36. The lowest BCUT2D eigenvalue weighted by atomic mass is 10.3. The molecule has 152 valence electrons. The number of carbonyl (C=O) groups excluding carboxylic acids is 1. The molecule has 2 rings (SSSR count). The number of ether oxygens (including phenoxy) is 2. The van der Waals surface area contributed by atoms with Gasteiger partial charge in [0.15, 0.2) is 5.75 Å². The number of piperazine rings is 1. The van der Waals surface area contributed by atoms with Crippen LogP contribution in [0.1, 0.15) is 6.92 Å². The van der Waals surface area contributed by atoms with Crippen LogP contribution in [0.5, 0.6) is 5.75 Å². The van der Waals surface area contributed by atoms with Crippen LogP contribution in [-0.2, 0) is 19.6 Å². The van der Waals surface area contributed by atoms with Crippen molar-refractivity contribution in [1.82, 2.24) is 9.21 Å². The molecule has 1 saturated heterocycles. The van der Waals surface area contributed by atoms with E-state index in [0.29, 0.717) is 0 Å². The molecule has 0 unspecified atom stereocenters. The maximum absolute atomic E-state index is 12.8. The molecule has 27 heavy (non-hydrogen) atoms. The molecule has 7 nitrogen and oxygen atoms in total. The number of alkyl halides is 3. The summed E-state index contributed by atoms with van der Waals surface area (Å²) >= 11 is 3.00. The fourth-order valence-electron chi connectivity index (χ4n) is 2.56. The molecule has 0 aromatic heterocycles. The van der Waals surface area contributed by atoms with Crippen LogP contribution in [0.4, 0.5) is 13.2 Å². The number of benzene rings is 1. The van der Waals surface area contributed by atoms with E-state index in [-0.39, 0.29) is 43.8 Å². The van der Waals surface area contributed by atoms with Crippen molar-refractivity contribution in [2.24, 2.45) is 0 Å². The van der Waals surface area contributed by atoms with Gasteiger partial charge in [0.25, 0.3) is 0 Å². The van der Waals surface area contributed by atoms with Crippen molar-refractivity contribution >= 4 is 31.9 Å². The van der Waals surface area contributed by atoms with Gasteiger partial charge >= 0.3 is 12.3 Å². The summed E-state index contributed by atoms with van der Waals surface area (Å²) in [6.45, 7) is 2.53. The number of halogens is 4. The van der Waals surface area contributed by atoms with Crippen LogP contribution in [0.2, 0.25) is 0 Å². The van der Waals surface area contributed by atoms with Gasteiger partial charge in [-0.1, -0.05) is 15.9 Å². The van der Waals surface area contributed by atoms with Gasteiger partial charge in [0, 0.05) is 30.7 Å². The number of hydrogen-bond donors (Lipinski definition) is 0. The van der Waals surface area contributed by atoms with Gasteiger partial charge in [0.05, 0.1) is 13.2 Å². The van der Waals surface area contributed by atoms with E-state index in [1.165, 1.54) is 6.07 Å². The Hall–Kier alpha value is -1.37. The van der Waals surface area contributed by atoms with Crippen molar-refractivity contribution in [3.05, 3.63) is 22.7 Å². The molecule has 0 radical (unpaired) electrons. The lowest BCUT2D eigenvalue weighted by Gasteiger charge is -2.33. The van der Waals surface area contributed by atoms with Crippen molar-refractivity contribution in [1.29, 1.82) is 0 Å². The molecular formula is C15H18BrF3N2O5S. The Balaban J connectivity index is 2.15.